The Balaban J connectivity index is 1.46. The van der Waals surface area contributed by atoms with Crippen LogP contribution in [0.4, 0.5) is 0 Å². The lowest BCUT2D eigenvalue weighted by Gasteiger charge is -2.20. The van der Waals surface area contributed by atoms with Crippen molar-refractivity contribution in [3.63, 3.8) is 0 Å². The van der Waals surface area contributed by atoms with E-state index in [2.05, 4.69) is 15.9 Å². The van der Waals surface area contributed by atoms with Crippen LogP contribution in [0.5, 0.6) is 17.2 Å². The topological polar surface area (TPSA) is 71.1 Å². The van der Waals surface area contributed by atoms with Crippen LogP contribution in [0.3, 0.4) is 0 Å². The third-order valence-electron chi connectivity index (χ3n) is 5.24. The summed E-state index contributed by atoms with van der Waals surface area (Å²) < 4.78 is 23.3. The lowest BCUT2D eigenvalue weighted by atomic mass is 10.0. The number of allylic oxidation sites excluding steroid dienone is 1. The maximum absolute atomic E-state index is 13.0. The summed E-state index contributed by atoms with van der Waals surface area (Å²) in [4.78, 5) is 25.4. The van der Waals surface area contributed by atoms with Crippen LogP contribution in [-0.2, 0) is 11.3 Å². The van der Waals surface area contributed by atoms with Gasteiger partial charge in [0.25, 0.3) is 0 Å². The molecular formula is C25H17BrO6. The molecule has 3 aromatic rings. The second-order valence-electron chi connectivity index (χ2n) is 7.35. The normalized spacial score (nSPS) is 15.6. The molecule has 0 unspecified atom stereocenters. The van der Waals surface area contributed by atoms with Gasteiger partial charge in [0.15, 0.2) is 12.6 Å². The van der Waals surface area contributed by atoms with E-state index in [1.54, 1.807) is 49.4 Å². The molecular weight excluding hydrogens is 476 g/mol. The van der Waals surface area contributed by atoms with Crippen molar-refractivity contribution >= 4 is 33.8 Å². The summed E-state index contributed by atoms with van der Waals surface area (Å²) in [5, 5.41) is 0. The number of ketones is 1. The molecule has 32 heavy (non-hydrogen) atoms. The van der Waals surface area contributed by atoms with Crippen molar-refractivity contribution in [2.24, 2.45) is 0 Å². The van der Waals surface area contributed by atoms with E-state index in [-0.39, 0.29) is 18.3 Å². The second-order valence-corrected chi connectivity index (χ2v) is 8.27. The van der Waals surface area contributed by atoms with Crippen molar-refractivity contribution in [1.82, 2.24) is 0 Å². The Labute approximate surface area is 192 Å². The van der Waals surface area contributed by atoms with Crippen molar-refractivity contribution in [2.75, 3.05) is 6.79 Å². The van der Waals surface area contributed by atoms with Crippen molar-refractivity contribution < 1.29 is 28.5 Å². The Bertz CT molecular complexity index is 1280. The third-order valence-corrected chi connectivity index (χ3v) is 5.70. The molecule has 2 aliphatic heterocycles. The van der Waals surface area contributed by atoms with E-state index < -0.39 is 5.97 Å². The van der Waals surface area contributed by atoms with Gasteiger partial charge in [-0.3, -0.25) is 4.79 Å². The largest absolute Gasteiger partial charge is 0.467 e. The maximum atomic E-state index is 13.0. The molecule has 0 fully saturated rings. The molecule has 3 aromatic carbocycles. The van der Waals surface area contributed by atoms with Gasteiger partial charge in [0.1, 0.15) is 17.2 Å². The quantitative estimate of drug-likeness (QED) is 0.274. The minimum atomic E-state index is -0.478. The Morgan fingerprint density at radius 2 is 1.91 bits per heavy atom. The molecule has 0 spiro atoms. The zero-order chi connectivity index (χ0) is 22.2. The number of esters is 1. The lowest BCUT2D eigenvalue weighted by molar-refractivity contribution is -0.0165. The first kappa shape index (κ1) is 20.5. The number of Topliss-reactive ketones (excluding diaryl/α,β-unsaturated/α-hetero) is 1. The highest BCUT2D eigenvalue weighted by Gasteiger charge is 2.31. The van der Waals surface area contributed by atoms with E-state index in [0.717, 1.165) is 10.0 Å². The number of ether oxygens (including phenoxy) is 4. The lowest BCUT2D eigenvalue weighted by Crippen LogP contribution is -2.12. The smallest absolute Gasteiger partial charge is 0.343 e. The molecule has 0 bridgehead atoms. The zero-order valence-electron chi connectivity index (χ0n) is 17.0. The summed E-state index contributed by atoms with van der Waals surface area (Å²) in [6.45, 7) is 2.33. The Morgan fingerprint density at radius 3 is 2.72 bits per heavy atom. The number of fused-ring (bicyclic) bond motifs is 2. The SMILES string of the molecule is Cc1c(OC(=O)c2ccccc2)ccc2c1O/C(=C\c1cc(Br)cc3c1OCOC3)C2=O. The van der Waals surface area contributed by atoms with Crippen LogP contribution in [0.15, 0.2) is 64.8 Å². The van der Waals surface area contributed by atoms with Crippen LogP contribution in [-0.4, -0.2) is 18.5 Å². The van der Waals surface area contributed by atoms with Crippen molar-refractivity contribution in [2.45, 2.75) is 13.5 Å². The fourth-order valence-electron chi connectivity index (χ4n) is 3.67. The van der Waals surface area contributed by atoms with Crippen LogP contribution in [0.25, 0.3) is 6.08 Å². The summed E-state index contributed by atoms with van der Waals surface area (Å²) in [5.41, 5.74) is 3.02. The standard InChI is InChI=1S/C25H17BrO6/c1-14-20(32-25(28)15-5-3-2-4-6-15)8-7-19-22(27)21(31-23(14)19)11-16-9-18(26)10-17-12-29-13-30-24(16)17/h2-11H,12-13H2,1H3/b21-11-. The summed E-state index contributed by atoms with van der Waals surface area (Å²) in [5.74, 6) is 0.830. The first-order chi connectivity index (χ1) is 15.5. The van der Waals surface area contributed by atoms with Crippen molar-refractivity contribution in [3.8, 4) is 17.2 Å². The summed E-state index contributed by atoms with van der Waals surface area (Å²) >= 11 is 3.48. The number of benzene rings is 3. The summed E-state index contributed by atoms with van der Waals surface area (Å²) in [7, 11) is 0. The predicted octanol–water partition coefficient (Wildman–Crippen LogP) is 5.46. The van der Waals surface area contributed by atoms with E-state index in [4.69, 9.17) is 18.9 Å². The van der Waals surface area contributed by atoms with Crippen molar-refractivity contribution in [1.29, 1.82) is 0 Å². The van der Waals surface area contributed by atoms with Gasteiger partial charge in [-0.05, 0) is 49.4 Å². The minimum Gasteiger partial charge on any atom is -0.467 e. The van der Waals surface area contributed by atoms with Gasteiger partial charge in [-0.2, -0.15) is 0 Å². The molecule has 0 amide bonds. The fraction of sp³-hybridized carbons (Fsp3) is 0.120. The number of hydrogen-bond acceptors (Lipinski definition) is 6. The van der Waals surface area contributed by atoms with E-state index in [1.807, 2.05) is 18.2 Å². The van der Waals surface area contributed by atoms with E-state index in [1.165, 1.54) is 0 Å². The first-order valence-electron chi connectivity index (χ1n) is 9.89. The summed E-state index contributed by atoms with van der Waals surface area (Å²) in [6, 6.07) is 15.7. The highest BCUT2D eigenvalue weighted by molar-refractivity contribution is 9.10. The van der Waals surface area contributed by atoms with Gasteiger partial charge < -0.3 is 18.9 Å². The Morgan fingerprint density at radius 1 is 1.09 bits per heavy atom. The molecule has 2 heterocycles. The number of carbonyl (C=O) groups excluding carboxylic acids is 2. The number of rotatable bonds is 3. The van der Waals surface area contributed by atoms with Gasteiger partial charge in [-0.1, -0.05) is 34.1 Å². The van der Waals surface area contributed by atoms with Crippen LogP contribution in [0.1, 0.15) is 37.4 Å². The predicted molar refractivity (Wildman–Crippen MR) is 120 cm³/mol. The first-order valence-corrected chi connectivity index (χ1v) is 10.7. The number of hydrogen-bond donors (Lipinski definition) is 0. The molecule has 0 saturated heterocycles. The Kier molecular flexibility index (Phi) is 5.28. The molecule has 0 radical (unpaired) electrons. The number of carbonyl (C=O) groups is 2. The summed E-state index contributed by atoms with van der Waals surface area (Å²) in [6.07, 6.45) is 1.66. The van der Waals surface area contributed by atoms with Crippen LogP contribution >= 0.6 is 15.9 Å². The molecule has 0 atom stereocenters. The molecule has 5 rings (SSSR count). The Hall–Kier alpha value is -3.42. The van der Waals surface area contributed by atoms with Crippen LogP contribution in [0, 0.1) is 6.92 Å². The second kappa shape index (κ2) is 8.26. The molecule has 0 N–H and O–H groups in total. The van der Waals surface area contributed by atoms with Gasteiger partial charge >= 0.3 is 5.97 Å². The maximum Gasteiger partial charge on any atom is 0.343 e. The molecule has 0 saturated carbocycles. The molecule has 0 aromatic heterocycles. The zero-order valence-corrected chi connectivity index (χ0v) is 18.6. The van der Waals surface area contributed by atoms with E-state index >= 15 is 0 Å². The highest BCUT2D eigenvalue weighted by Crippen LogP contribution is 2.41. The van der Waals surface area contributed by atoms with Gasteiger partial charge in [0.2, 0.25) is 5.78 Å². The monoisotopic (exact) mass is 492 g/mol. The highest BCUT2D eigenvalue weighted by atomic mass is 79.9. The van der Waals surface area contributed by atoms with E-state index in [9.17, 15) is 9.59 Å². The third kappa shape index (κ3) is 3.70. The number of halogens is 1. The van der Waals surface area contributed by atoms with Gasteiger partial charge in [0.05, 0.1) is 17.7 Å². The fourth-order valence-corrected chi connectivity index (χ4v) is 4.19. The van der Waals surface area contributed by atoms with Crippen LogP contribution in [0.2, 0.25) is 0 Å². The average molecular weight is 493 g/mol. The molecule has 2 aliphatic rings. The molecule has 6 nitrogen and oxygen atoms in total. The van der Waals surface area contributed by atoms with Crippen molar-refractivity contribution in [3.05, 3.63) is 92.6 Å². The molecule has 160 valence electrons. The molecule has 0 aliphatic carbocycles. The van der Waals surface area contributed by atoms with Gasteiger partial charge in [-0.15, -0.1) is 0 Å². The average Bonchev–Trinajstić information content (AvgIpc) is 3.12. The van der Waals surface area contributed by atoms with Gasteiger partial charge in [0, 0.05) is 21.2 Å². The molecule has 7 heteroatoms. The van der Waals surface area contributed by atoms with Crippen LogP contribution < -0.4 is 14.2 Å². The van der Waals surface area contributed by atoms with E-state index in [0.29, 0.717) is 46.1 Å². The van der Waals surface area contributed by atoms with Gasteiger partial charge in [-0.25, -0.2) is 4.79 Å². The minimum absolute atomic E-state index is 0.148.